The molecule has 1 aromatic rings. The van der Waals surface area contributed by atoms with Crippen molar-refractivity contribution in [3.8, 4) is 0 Å². The highest BCUT2D eigenvalue weighted by molar-refractivity contribution is 9.10. The fourth-order valence-corrected chi connectivity index (χ4v) is 2.09. The summed E-state index contributed by atoms with van der Waals surface area (Å²) < 4.78 is 5.85. The van der Waals surface area contributed by atoms with Gasteiger partial charge >= 0.3 is 5.97 Å². The molecule has 0 unspecified atom stereocenters. The first kappa shape index (κ1) is 16.0. The van der Waals surface area contributed by atoms with Gasteiger partial charge in [-0.3, -0.25) is 0 Å². The van der Waals surface area contributed by atoms with E-state index in [9.17, 15) is 4.79 Å². The minimum atomic E-state index is -0.288. The summed E-state index contributed by atoms with van der Waals surface area (Å²) in [5.74, 6) is -0.288. The van der Waals surface area contributed by atoms with Crippen LogP contribution < -0.4 is 5.32 Å². The Bertz CT molecular complexity index is 438. The lowest BCUT2D eigenvalue weighted by Gasteiger charge is -2.19. The highest BCUT2D eigenvalue weighted by Crippen LogP contribution is 2.25. The Morgan fingerprint density at radius 1 is 1.37 bits per heavy atom. The predicted molar refractivity (Wildman–Crippen MR) is 82.7 cm³/mol. The Morgan fingerprint density at radius 2 is 2.05 bits per heavy atom. The smallest absolute Gasteiger partial charge is 0.338 e. The maximum atomic E-state index is 11.6. The van der Waals surface area contributed by atoms with E-state index in [2.05, 4.69) is 42.0 Å². The Morgan fingerprint density at radius 3 is 2.58 bits per heavy atom. The fourth-order valence-electron chi connectivity index (χ4n) is 1.57. The molecule has 0 aliphatic carbocycles. The van der Waals surface area contributed by atoms with E-state index in [4.69, 9.17) is 4.74 Å². The third kappa shape index (κ3) is 5.64. The van der Waals surface area contributed by atoms with Crippen LogP contribution in [0, 0.1) is 5.41 Å². The largest absolute Gasteiger partial charge is 0.462 e. The average molecular weight is 328 g/mol. The van der Waals surface area contributed by atoms with Crippen LogP contribution >= 0.6 is 15.9 Å². The van der Waals surface area contributed by atoms with Gasteiger partial charge in [0.15, 0.2) is 0 Å². The molecule has 1 N–H and O–H groups in total. The van der Waals surface area contributed by atoms with E-state index in [1.807, 2.05) is 6.07 Å². The molecule has 0 fully saturated rings. The first-order valence-corrected chi connectivity index (χ1v) is 7.33. The lowest BCUT2D eigenvalue weighted by Crippen LogP contribution is -2.13. The van der Waals surface area contributed by atoms with E-state index in [-0.39, 0.29) is 5.97 Å². The lowest BCUT2D eigenvalue weighted by molar-refractivity contribution is 0.0526. The number of hydrogen-bond acceptors (Lipinski definition) is 3. The number of benzene rings is 1. The maximum Gasteiger partial charge on any atom is 0.338 e. The van der Waals surface area contributed by atoms with E-state index in [1.165, 1.54) is 0 Å². The number of halogens is 1. The summed E-state index contributed by atoms with van der Waals surface area (Å²) >= 11 is 3.48. The van der Waals surface area contributed by atoms with Crippen molar-refractivity contribution < 1.29 is 9.53 Å². The van der Waals surface area contributed by atoms with Gasteiger partial charge in [-0.25, -0.2) is 4.79 Å². The highest BCUT2D eigenvalue weighted by atomic mass is 79.9. The molecule has 0 amide bonds. The van der Waals surface area contributed by atoms with Gasteiger partial charge in [-0.15, -0.1) is 0 Å². The van der Waals surface area contributed by atoms with Crippen LogP contribution in [0.3, 0.4) is 0 Å². The van der Waals surface area contributed by atoms with Crippen LogP contribution in [0.25, 0.3) is 0 Å². The normalized spacial score (nSPS) is 11.2. The second-order valence-corrected chi connectivity index (χ2v) is 6.51. The average Bonchev–Trinajstić information content (AvgIpc) is 2.30. The van der Waals surface area contributed by atoms with E-state index in [1.54, 1.807) is 19.1 Å². The van der Waals surface area contributed by atoms with Crippen molar-refractivity contribution in [3.63, 3.8) is 0 Å². The van der Waals surface area contributed by atoms with Crippen LogP contribution in [0.4, 0.5) is 5.69 Å². The second kappa shape index (κ2) is 6.94. The van der Waals surface area contributed by atoms with Gasteiger partial charge in [-0.2, -0.15) is 0 Å². The number of hydrogen-bond donors (Lipinski definition) is 1. The van der Waals surface area contributed by atoms with Crippen molar-refractivity contribution in [2.45, 2.75) is 34.1 Å². The lowest BCUT2D eigenvalue weighted by atomic mass is 9.92. The van der Waals surface area contributed by atoms with Crippen molar-refractivity contribution in [1.29, 1.82) is 0 Å². The number of nitrogens with one attached hydrogen (secondary N) is 1. The number of carbonyl (C=O) groups is 1. The molecule has 0 spiro atoms. The topological polar surface area (TPSA) is 38.3 Å². The molecule has 0 saturated carbocycles. The van der Waals surface area contributed by atoms with E-state index in [0.29, 0.717) is 17.6 Å². The molecule has 1 aromatic carbocycles. The molecule has 0 heterocycles. The molecule has 0 aliphatic rings. The number of ether oxygens (including phenoxy) is 1. The summed E-state index contributed by atoms with van der Waals surface area (Å²) in [7, 11) is 0. The molecule has 19 heavy (non-hydrogen) atoms. The van der Waals surface area contributed by atoms with Crippen LogP contribution in [0.5, 0.6) is 0 Å². The summed E-state index contributed by atoms with van der Waals surface area (Å²) in [5, 5.41) is 3.37. The van der Waals surface area contributed by atoms with E-state index >= 15 is 0 Å². The van der Waals surface area contributed by atoms with Crippen molar-refractivity contribution in [2.75, 3.05) is 18.5 Å². The van der Waals surface area contributed by atoms with Gasteiger partial charge in [0.1, 0.15) is 0 Å². The van der Waals surface area contributed by atoms with Gasteiger partial charge in [-0.1, -0.05) is 20.8 Å². The van der Waals surface area contributed by atoms with E-state index in [0.717, 1.165) is 23.1 Å². The zero-order valence-corrected chi connectivity index (χ0v) is 13.6. The molecule has 1 rings (SSSR count). The molecule has 0 radical (unpaired) electrons. The molecular formula is C15H22BrNO2. The Balaban J connectivity index is 2.65. The minimum Gasteiger partial charge on any atom is -0.462 e. The number of anilines is 1. The summed E-state index contributed by atoms with van der Waals surface area (Å²) in [6.45, 7) is 9.74. The molecule has 0 bridgehead atoms. The van der Waals surface area contributed by atoms with Crippen LogP contribution in [-0.4, -0.2) is 19.1 Å². The predicted octanol–water partition coefficient (Wildman–Crippen LogP) is 4.47. The first-order chi connectivity index (χ1) is 8.83. The van der Waals surface area contributed by atoms with Gasteiger partial charge in [0.2, 0.25) is 0 Å². The fraction of sp³-hybridized carbons (Fsp3) is 0.533. The second-order valence-electron chi connectivity index (χ2n) is 5.65. The van der Waals surface area contributed by atoms with Gasteiger partial charge in [0.25, 0.3) is 0 Å². The summed E-state index contributed by atoms with van der Waals surface area (Å²) in [5.41, 5.74) is 1.87. The molecule has 3 nitrogen and oxygen atoms in total. The van der Waals surface area contributed by atoms with Crippen LogP contribution in [0.2, 0.25) is 0 Å². The maximum absolute atomic E-state index is 11.6. The minimum absolute atomic E-state index is 0.288. The molecule has 0 aliphatic heterocycles. The molecule has 106 valence electrons. The molecule has 0 saturated heterocycles. The van der Waals surface area contributed by atoms with E-state index < -0.39 is 0 Å². The Hall–Kier alpha value is -1.03. The zero-order valence-electron chi connectivity index (χ0n) is 12.0. The zero-order chi connectivity index (χ0) is 14.5. The van der Waals surface area contributed by atoms with Crippen LogP contribution in [0.15, 0.2) is 22.7 Å². The number of carbonyl (C=O) groups excluding carboxylic acids is 1. The standard InChI is InChI=1S/C15H22BrNO2/c1-5-19-14(18)11-6-7-13(12(16)10-11)17-9-8-15(2,3)4/h6-7,10,17H,5,8-9H2,1-4H3. The first-order valence-electron chi connectivity index (χ1n) is 6.54. The van der Waals surface area contributed by atoms with Crippen molar-refractivity contribution in [1.82, 2.24) is 0 Å². The van der Waals surface area contributed by atoms with Crippen molar-refractivity contribution in [3.05, 3.63) is 28.2 Å². The third-order valence-electron chi connectivity index (χ3n) is 2.67. The van der Waals surface area contributed by atoms with Crippen LogP contribution in [0.1, 0.15) is 44.5 Å². The number of esters is 1. The molecular weight excluding hydrogens is 306 g/mol. The summed E-state index contributed by atoms with van der Waals surface area (Å²) in [4.78, 5) is 11.6. The van der Waals surface area contributed by atoms with Crippen molar-refractivity contribution in [2.24, 2.45) is 5.41 Å². The van der Waals surface area contributed by atoms with Crippen LogP contribution in [-0.2, 0) is 4.74 Å². The summed E-state index contributed by atoms with van der Waals surface area (Å²) in [6, 6.07) is 5.47. The molecule has 4 heteroatoms. The van der Waals surface area contributed by atoms with Gasteiger partial charge < -0.3 is 10.1 Å². The third-order valence-corrected chi connectivity index (χ3v) is 3.33. The van der Waals surface area contributed by atoms with Crippen molar-refractivity contribution >= 4 is 27.6 Å². The van der Waals surface area contributed by atoms with Gasteiger partial charge in [0.05, 0.1) is 12.2 Å². The number of rotatable bonds is 5. The quantitative estimate of drug-likeness (QED) is 0.810. The Kier molecular flexibility index (Phi) is 5.85. The van der Waals surface area contributed by atoms with Gasteiger partial charge in [0, 0.05) is 16.7 Å². The molecule has 0 aromatic heterocycles. The van der Waals surface area contributed by atoms with Gasteiger partial charge in [-0.05, 0) is 52.9 Å². The molecule has 0 atom stereocenters. The Labute approximate surface area is 123 Å². The summed E-state index contributed by atoms with van der Waals surface area (Å²) in [6.07, 6.45) is 1.08. The monoisotopic (exact) mass is 327 g/mol. The highest BCUT2D eigenvalue weighted by Gasteiger charge is 2.11. The SMILES string of the molecule is CCOC(=O)c1ccc(NCCC(C)(C)C)c(Br)c1.